The van der Waals surface area contributed by atoms with Gasteiger partial charge in [0.15, 0.2) is 0 Å². The Kier molecular flexibility index (Phi) is 5.38. The minimum atomic E-state index is -0.342. The van der Waals surface area contributed by atoms with Crippen LogP contribution in [0.4, 0.5) is 5.82 Å². The molecular formula is C14H14Cl2N4O. The summed E-state index contributed by atoms with van der Waals surface area (Å²) in [5.41, 5.74) is 3.60. The number of anilines is 1. The number of benzene rings is 1. The van der Waals surface area contributed by atoms with Crippen LogP contribution in [0.2, 0.25) is 10.0 Å². The minimum Gasteiger partial charge on any atom is -0.350 e. The second kappa shape index (κ2) is 7.26. The molecule has 0 atom stereocenters. The number of pyridine rings is 1. The second-order valence-corrected chi connectivity index (χ2v) is 5.15. The Balaban J connectivity index is 1.94. The van der Waals surface area contributed by atoms with E-state index in [2.05, 4.69) is 15.7 Å². The molecule has 0 bridgehead atoms. The van der Waals surface area contributed by atoms with Gasteiger partial charge in [-0.15, -0.1) is 0 Å². The molecular weight excluding hydrogens is 311 g/mol. The molecule has 4 N–H and O–H groups in total. The smallest absolute Gasteiger partial charge is 0.271 e. The summed E-state index contributed by atoms with van der Waals surface area (Å²) in [5.74, 6) is 5.29. The fourth-order valence-electron chi connectivity index (χ4n) is 1.74. The molecule has 0 aliphatic carbocycles. The van der Waals surface area contributed by atoms with Crippen LogP contribution in [0.5, 0.6) is 0 Å². The van der Waals surface area contributed by atoms with E-state index in [1.807, 2.05) is 24.3 Å². The molecule has 2 rings (SSSR count). The third-order valence-corrected chi connectivity index (χ3v) is 3.38. The quantitative estimate of drug-likeness (QED) is 0.583. The van der Waals surface area contributed by atoms with Gasteiger partial charge in [0.05, 0.1) is 5.02 Å². The SMILES string of the molecule is NNc1ccc(Cl)c(C(=O)NCCc2ccc(Cl)cc2)n1. The third kappa shape index (κ3) is 4.32. The first-order valence-corrected chi connectivity index (χ1v) is 7.01. The fraction of sp³-hybridized carbons (Fsp3) is 0.143. The molecule has 0 aliphatic rings. The van der Waals surface area contributed by atoms with Gasteiger partial charge in [0.25, 0.3) is 5.91 Å². The van der Waals surface area contributed by atoms with Crippen LogP contribution in [-0.2, 0) is 6.42 Å². The van der Waals surface area contributed by atoms with Crippen LogP contribution in [-0.4, -0.2) is 17.4 Å². The van der Waals surface area contributed by atoms with Crippen molar-refractivity contribution in [1.82, 2.24) is 10.3 Å². The highest BCUT2D eigenvalue weighted by molar-refractivity contribution is 6.33. The largest absolute Gasteiger partial charge is 0.350 e. The predicted octanol–water partition coefficient (Wildman–Crippen LogP) is 2.65. The van der Waals surface area contributed by atoms with Crippen molar-refractivity contribution < 1.29 is 4.79 Å². The minimum absolute atomic E-state index is 0.142. The summed E-state index contributed by atoms with van der Waals surface area (Å²) in [6.45, 7) is 0.471. The summed E-state index contributed by atoms with van der Waals surface area (Å²) < 4.78 is 0. The van der Waals surface area contributed by atoms with Crippen LogP contribution in [0.1, 0.15) is 16.1 Å². The van der Waals surface area contributed by atoms with E-state index in [4.69, 9.17) is 29.0 Å². The molecule has 1 heterocycles. The van der Waals surface area contributed by atoms with Gasteiger partial charge in [0.1, 0.15) is 11.5 Å². The number of halogens is 2. The molecule has 0 unspecified atom stereocenters. The van der Waals surface area contributed by atoms with Crippen molar-refractivity contribution in [3.63, 3.8) is 0 Å². The summed E-state index contributed by atoms with van der Waals surface area (Å²) in [7, 11) is 0. The molecule has 2 aromatic rings. The number of nitrogens with zero attached hydrogens (tertiary/aromatic N) is 1. The number of rotatable bonds is 5. The van der Waals surface area contributed by atoms with Gasteiger partial charge in [-0.3, -0.25) is 4.79 Å². The van der Waals surface area contributed by atoms with Gasteiger partial charge in [-0.2, -0.15) is 0 Å². The van der Waals surface area contributed by atoms with E-state index >= 15 is 0 Å². The van der Waals surface area contributed by atoms with Gasteiger partial charge in [0, 0.05) is 11.6 Å². The Morgan fingerprint density at radius 3 is 2.52 bits per heavy atom. The normalized spacial score (nSPS) is 10.2. The molecule has 7 heteroatoms. The molecule has 0 aliphatic heterocycles. The highest BCUT2D eigenvalue weighted by Gasteiger charge is 2.12. The lowest BCUT2D eigenvalue weighted by atomic mass is 10.1. The van der Waals surface area contributed by atoms with E-state index in [1.54, 1.807) is 12.1 Å². The number of hydrogen-bond acceptors (Lipinski definition) is 4. The number of amides is 1. The summed E-state index contributed by atoms with van der Waals surface area (Å²) >= 11 is 11.8. The van der Waals surface area contributed by atoms with Crippen molar-refractivity contribution >= 4 is 34.9 Å². The van der Waals surface area contributed by atoms with Gasteiger partial charge in [-0.05, 0) is 36.2 Å². The van der Waals surface area contributed by atoms with E-state index in [0.717, 1.165) is 5.56 Å². The number of nitrogens with one attached hydrogen (secondary N) is 2. The Bertz CT molecular complexity index is 631. The van der Waals surface area contributed by atoms with Crippen molar-refractivity contribution in [3.05, 3.63) is 57.7 Å². The van der Waals surface area contributed by atoms with Gasteiger partial charge in [-0.25, -0.2) is 10.8 Å². The molecule has 1 aromatic heterocycles. The lowest BCUT2D eigenvalue weighted by molar-refractivity contribution is 0.0949. The van der Waals surface area contributed by atoms with Gasteiger partial charge in [0.2, 0.25) is 0 Å². The molecule has 0 radical (unpaired) electrons. The monoisotopic (exact) mass is 324 g/mol. The average Bonchev–Trinajstić information content (AvgIpc) is 2.49. The maximum Gasteiger partial charge on any atom is 0.271 e. The molecule has 21 heavy (non-hydrogen) atoms. The molecule has 0 spiro atoms. The molecule has 0 saturated carbocycles. The van der Waals surface area contributed by atoms with E-state index in [9.17, 15) is 4.79 Å². The van der Waals surface area contributed by atoms with Crippen LogP contribution >= 0.6 is 23.2 Å². The van der Waals surface area contributed by atoms with Crippen LogP contribution in [0.25, 0.3) is 0 Å². The van der Waals surface area contributed by atoms with Crippen molar-refractivity contribution in [2.45, 2.75) is 6.42 Å². The summed E-state index contributed by atoms with van der Waals surface area (Å²) in [6.07, 6.45) is 0.690. The van der Waals surface area contributed by atoms with E-state index in [1.165, 1.54) is 0 Å². The zero-order valence-electron chi connectivity index (χ0n) is 11.1. The summed E-state index contributed by atoms with van der Waals surface area (Å²) in [4.78, 5) is 16.1. The molecule has 0 fully saturated rings. The number of hydrogen-bond donors (Lipinski definition) is 3. The average molecular weight is 325 g/mol. The van der Waals surface area contributed by atoms with Gasteiger partial charge >= 0.3 is 0 Å². The molecule has 1 aromatic carbocycles. The Hall–Kier alpha value is -1.82. The van der Waals surface area contributed by atoms with Crippen LogP contribution in [0.3, 0.4) is 0 Å². The maximum atomic E-state index is 12.0. The lowest BCUT2D eigenvalue weighted by Crippen LogP contribution is -2.27. The first kappa shape index (κ1) is 15.6. The number of hydrazine groups is 1. The molecule has 110 valence electrons. The number of nitrogen functional groups attached to an aromatic ring is 1. The van der Waals surface area contributed by atoms with Crippen LogP contribution in [0.15, 0.2) is 36.4 Å². The lowest BCUT2D eigenvalue weighted by Gasteiger charge is -2.08. The molecule has 1 amide bonds. The van der Waals surface area contributed by atoms with Crippen LogP contribution < -0.4 is 16.6 Å². The van der Waals surface area contributed by atoms with Gasteiger partial charge in [-0.1, -0.05) is 35.3 Å². The van der Waals surface area contributed by atoms with E-state index < -0.39 is 0 Å². The molecule has 0 saturated heterocycles. The van der Waals surface area contributed by atoms with E-state index in [-0.39, 0.29) is 16.6 Å². The Morgan fingerprint density at radius 2 is 1.86 bits per heavy atom. The second-order valence-electron chi connectivity index (χ2n) is 4.30. The van der Waals surface area contributed by atoms with Crippen molar-refractivity contribution in [2.24, 2.45) is 5.84 Å². The highest BCUT2D eigenvalue weighted by atomic mass is 35.5. The number of nitrogens with two attached hydrogens (primary N) is 1. The maximum absolute atomic E-state index is 12.0. The summed E-state index contributed by atoms with van der Waals surface area (Å²) in [5, 5.41) is 3.73. The third-order valence-electron chi connectivity index (χ3n) is 2.82. The number of carbonyl (C=O) groups excluding carboxylic acids is 1. The Morgan fingerprint density at radius 1 is 1.14 bits per heavy atom. The zero-order valence-corrected chi connectivity index (χ0v) is 12.6. The van der Waals surface area contributed by atoms with Crippen molar-refractivity contribution in [2.75, 3.05) is 12.0 Å². The fourth-order valence-corrected chi connectivity index (χ4v) is 2.05. The summed E-state index contributed by atoms with van der Waals surface area (Å²) in [6, 6.07) is 10.6. The molecule has 5 nitrogen and oxygen atoms in total. The van der Waals surface area contributed by atoms with Crippen molar-refractivity contribution in [3.8, 4) is 0 Å². The topological polar surface area (TPSA) is 80.0 Å². The standard InChI is InChI=1S/C14H14Cl2N4O/c15-10-3-1-9(2-4-10)7-8-18-14(21)13-11(16)5-6-12(19-13)20-17/h1-6H,7-8,17H2,(H,18,21)(H,19,20). The van der Waals surface area contributed by atoms with Gasteiger partial charge < -0.3 is 10.7 Å². The number of aromatic nitrogens is 1. The Labute approximate surface area is 132 Å². The van der Waals surface area contributed by atoms with E-state index in [0.29, 0.717) is 23.8 Å². The first-order valence-electron chi connectivity index (χ1n) is 6.26. The zero-order chi connectivity index (χ0) is 15.2. The highest BCUT2D eigenvalue weighted by Crippen LogP contribution is 2.16. The van der Waals surface area contributed by atoms with Crippen molar-refractivity contribution in [1.29, 1.82) is 0 Å². The first-order chi connectivity index (χ1) is 10.1. The number of carbonyl (C=O) groups is 1. The van der Waals surface area contributed by atoms with Crippen LogP contribution in [0, 0.1) is 0 Å². The predicted molar refractivity (Wildman–Crippen MR) is 84.5 cm³/mol.